The minimum Gasteiger partial charge on any atom is -0.381 e. The molecule has 1 saturated carbocycles. The van der Waals surface area contributed by atoms with Gasteiger partial charge in [0.05, 0.1) is 17.7 Å². The standard InChI is InChI=1S/C9H13N3O/c1-6-7(12-5-4-11-6)9(2-3-9)8(10)13/h4,12H,2-3,5H2,1H3,(H2,10,13). The molecule has 3 N–H and O–H groups in total. The van der Waals surface area contributed by atoms with E-state index >= 15 is 0 Å². The molecule has 0 atom stereocenters. The first-order chi connectivity index (χ1) is 6.17. The lowest BCUT2D eigenvalue weighted by Gasteiger charge is -2.21. The quantitative estimate of drug-likeness (QED) is 0.634. The Bertz CT molecular complexity index is 313. The second-order valence-corrected chi connectivity index (χ2v) is 3.60. The second-order valence-electron chi connectivity index (χ2n) is 3.60. The van der Waals surface area contributed by atoms with E-state index in [-0.39, 0.29) is 5.91 Å². The van der Waals surface area contributed by atoms with Gasteiger partial charge in [-0.15, -0.1) is 0 Å². The summed E-state index contributed by atoms with van der Waals surface area (Å²) in [6.07, 6.45) is 3.52. The molecule has 1 heterocycles. The van der Waals surface area contributed by atoms with E-state index in [0.29, 0.717) is 6.54 Å². The Hall–Kier alpha value is -1.32. The summed E-state index contributed by atoms with van der Waals surface area (Å²) in [7, 11) is 0. The van der Waals surface area contributed by atoms with E-state index in [1.807, 2.05) is 6.92 Å². The van der Waals surface area contributed by atoms with Crippen molar-refractivity contribution in [2.75, 3.05) is 6.54 Å². The molecule has 1 fully saturated rings. The lowest BCUT2D eigenvalue weighted by molar-refractivity contribution is -0.122. The number of hydrogen-bond acceptors (Lipinski definition) is 3. The number of carbonyl (C=O) groups excluding carboxylic acids is 1. The normalized spacial score (nSPS) is 24.1. The summed E-state index contributed by atoms with van der Waals surface area (Å²) in [6.45, 7) is 2.60. The van der Waals surface area contributed by atoms with Gasteiger partial charge in [-0.05, 0) is 19.8 Å². The molecular weight excluding hydrogens is 166 g/mol. The fraction of sp³-hybridized carbons (Fsp3) is 0.556. The van der Waals surface area contributed by atoms with Gasteiger partial charge in [-0.2, -0.15) is 0 Å². The molecule has 70 valence electrons. The predicted molar refractivity (Wildman–Crippen MR) is 50.1 cm³/mol. The highest BCUT2D eigenvalue weighted by Gasteiger charge is 2.52. The van der Waals surface area contributed by atoms with E-state index in [9.17, 15) is 4.79 Å². The van der Waals surface area contributed by atoms with E-state index in [1.165, 1.54) is 0 Å². The third-order valence-corrected chi connectivity index (χ3v) is 2.72. The number of nitrogens with two attached hydrogens (primary N) is 1. The minimum atomic E-state index is -0.415. The van der Waals surface area contributed by atoms with Crippen LogP contribution in [0.3, 0.4) is 0 Å². The van der Waals surface area contributed by atoms with Crippen molar-refractivity contribution >= 4 is 12.1 Å². The highest BCUT2D eigenvalue weighted by Crippen LogP contribution is 2.51. The molecule has 4 heteroatoms. The molecule has 1 aliphatic heterocycles. The molecule has 0 saturated heterocycles. The highest BCUT2D eigenvalue weighted by atomic mass is 16.1. The molecule has 0 aromatic heterocycles. The van der Waals surface area contributed by atoms with Crippen molar-refractivity contribution in [1.29, 1.82) is 0 Å². The lowest BCUT2D eigenvalue weighted by atomic mass is 9.99. The molecule has 0 aromatic rings. The number of hydrogen-bond donors (Lipinski definition) is 2. The number of nitrogens with one attached hydrogen (secondary N) is 1. The summed E-state index contributed by atoms with van der Waals surface area (Å²) < 4.78 is 0. The average molecular weight is 179 g/mol. The van der Waals surface area contributed by atoms with Gasteiger partial charge in [0.15, 0.2) is 0 Å². The molecule has 4 nitrogen and oxygen atoms in total. The summed E-state index contributed by atoms with van der Waals surface area (Å²) in [5, 5.41) is 3.18. The molecule has 0 radical (unpaired) electrons. The van der Waals surface area contributed by atoms with Crippen LogP contribution < -0.4 is 11.1 Å². The Morgan fingerprint density at radius 1 is 1.69 bits per heavy atom. The molecule has 0 spiro atoms. The van der Waals surface area contributed by atoms with Crippen LogP contribution in [0.5, 0.6) is 0 Å². The smallest absolute Gasteiger partial charge is 0.229 e. The fourth-order valence-electron chi connectivity index (χ4n) is 1.78. The Labute approximate surface area is 76.9 Å². The zero-order valence-electron chi connectivity index (χ0n) is 7.63. The topological polar surface area (TPSA) is 67.5 Å². The van der Waals surface area contributed by atoms with Crippen molar-refractivity contribution in [3.63, 3.8) is 0 Å². The first kappa shape index (κ1) is 8.29. The van der Waals surface area contributed by atoms with Gasteiger partial charge < -0.3 is 11.1 Å². The summed E-state index contributed by atoms with van der Waals surface area (Å²) >= 11 is 0. The van der Waals surface area contributed by atoms with E-state index in [0.717, 1.165) is 24.2 Å². The summed E-state index contributed by atoms with van der Waals surface area (Å²) in [5.41, 5.74) is 6.77. The maximum Gasteiger partial charge on any atom is 0.229 e. The molecule has 0 bridgehead atoms. The van der Waals surface area contributed by atoms with Gasteiger partial charge in [0.25, 0.3) is 0 Å². The van der Waals surface area contributed by atoms with Gasteiger partial charge in [-0.1, -0.05) is 0 Å². The van der Waals surface area contributed by atoms with Crippen molar-refractivity contribution in [3.8, 4) is 0 Å². The SMILES string of the molecule is CC1=C(C2(C(N)=O)CC2)NCC=N1. The van der Waals surface area contributed by atoms with Gasteiger partial charge in [0, 0.05) is 11.9 Å². The van der Waals surface area contributed by atoms with Crippen LogP contribution in [0.15, 0.2) is 16.4 Å². The molecule has 13 heavy (non-hydrogen) atoms. The molecule has 0 unspecified atom stereocenters. The van der Waals surface area contributed by atoms with Gasteiger partial charge in [0.1, 0.15) is 0 Å². The Morgan fingerprint density at radius 3 is 2.85 bits per heavy atom. The number of rotatable bonds is 2. The van der Waals surface area contributed by atoms with Gasteiger partial charge >= 0.3 is 0 Å². The molecule has 2 rings (SSSR count). The number of aliphatic imine (C=N–C) groups is 1. The number of amides is 1. The van der Waals surface area contributed by atoms with Crippen LogP contribution in [0.2, 0.25) is 0 Å². The Kier molecular flexibility index (Phi) is 1.65. The van der Waals surface area contributed by atoms with Gasteiger partial charge in [-0.25, -0.2) is 0 Å². The van der Waals surface area contributed by atoms with E-state index < -0.39 is 5.41 Å². The monoisotopic (exact) mass is 179 g/mol. The number of primary amides is 1. The fourth-order valence-corrected chi connectivity index (χ4v) is 1.78. The van der Waals surface area contributed by atoms with E-state index in [1.54, 1.807) is 6.21 Å². The number of allylic oxidation sites excluding steroid dienone is 1. The summed E-state index contributed by atoms with van der Waals surface area (Å²) in [6, 6.07) is 0. The largest absolute Gasteiger partial charge is 0.381 e. The zero-order chi connectivity index (χ0) is 9.47. The molecule has 1 amide bonds. The van der Waals surface area contributed by atoms with Crippen molar-refractivity contribution in [2.24, 2.45) is 16.1 Å². The Balaban J connectivity index is 2.34. The highest BCUT2D eigenvalue weighted by molar-refractivity contribution is 5.87. The summed E-state index contributed by atoms with van der Waals surface area (Å²) in [4.78, 5) is 15.4. The maximum atomic E-state index is 11.2. The van der Waals surface area contributed by atoms with Crippen molar-refractivity contribution in [1.82, 2.24) is 5.32 Å². The second kappa shape index (κ2) is 2.58. The lowest BCUT2D eigenvalue weighted by Crippen LogP contribution is -2.35. The van der Waals surface area contributed by atoms with E-state index in [2.05, 4.69) is 10.3 Å². The van der Waals surface area contributed by atoms with Crippen LogP contribution in [0.1, 0.15) is 19.8 Å². The third kappa shape index (κ3) is 1.13. The first-order valence-electron chi connectivity index (χ1n) is 4.44. The molecule has 1 aliphatic carbocycles. The maximum absolute atomic E-state index is 11.2. The third-order valence-electron chi connectivity index (χ3n) is 2.72. The van der Waals surface area contributed by atoms with Crippen LogP contribution in [-0.2, 0) is 4.79 Å². The van der Waals surface area contributed by atoms with Crippen LogP contribution in [0.25, 0.3) is 0 Å². The molecule has 0 aromatic carbocycles. The summed E-state index contributed by atoms with van der Waals surface area (Å²) in [5.74, 6) is -0.230. The molecule has 2 aliphatic rings. The number of carbonyl (C=O) groups is 1. The van der Waals surface area contributed by atoms with Crippen LogP contribution in [0.4, 0.5) is 0 Å². The van der Waals surface area contributed by atoms with Gasteiger partial charge in [-0.3, -0.25) is 9.79 Å². The zero-order valence-corrected chi connectivity index (χ0v) is 7.63. The van der Waals surface area contributed by atoms with Crippen LogP contribution in [0, 0.1) is 5.41 Å². The minimum absolute atomic E-state index is 0.230. The van der Waals surface area contributed by atoms with E-state index in [4.69, 9.17) is 5.73 Å². The van der Waals surface area contributed by atoms with Crippen LogP contribution >= 0.6 is 0 Å². The number of nitrogens with zero attached hydrogens (tertiary/aromatic N) is 1. The molecular formula is C9H13N3O. The van der Waals surface area contributed by atoms with Crippen molar-refractivity contribution in [3.05, 3.63) is 11.4 Å². The first-order valence-corrected chi connectivity index (χ1v) is 4.44. The van der Waals surface area contributed by atoms with Gasteiger partial charge in [0.2, 0.25) is 5.91 Å². The average Bonchev–Trinajstić information content (AvgIpc) is 2.85. The Morgan fingerprint density at radius 2 is 2.38 bits per heavy atom. The van der Waals surface area contributed by atoms with Crippen LogP contribution in [-0.4, -0.2) is 18.7 Å². The van der Waals surface area contributed by atoms with Crippen molar-refractivity contribution in [2.45, 2.75) is 19.8 Å². The van der Waals surface area contributed by atoms with Crippen molar-refractivity contribution < 1.29 is 4.79 Å². The predicted octanol–water partition coefficient (Wildman–Crippen LogP) is 0.157.